The molecule has 2 amide bonds. The van der Waals surface area contributed by atoms with Gasteiger partial charge in [0.1, 0.15) is 16.6 Å². The Bertz CT molecular complexity index is 1010. The van der Waals surface area contributed by atoms with Crippen molar-refractivity contribution in [3.63, 3.8) is 0 Å². The summed E-state index contributed by atoms with van der Waals surface area (Å²) in [4.78, 5) is 24.7. The van der Waals surface area contributed by atoms with Crippen LogP contribution in [0.5, 0.6) is 5.75 Å². The molecule has 0 aliphatic carbocycles. The monoisotopic (exact) mass is 417 g/mol. The normalized spacial score (nSPS) is 10.4. The molecule has 0 radical (unpaired) electrons. The van der Waals surface area contributed by atoms with Gasteiger partial charge in [0.25, 0.3) is 11.8 Å². The van der Waals surface area contributed by atoms with Gasteiger partial charge in [-0.2, -0.15) is 0 Å². The zero-order valence-corrected chi connectivity index (χ0v) is 16.6. The van der Waals surface area contributed by atoms with Crippen LogP contribution >= 0.6 is 23.2 Å². The molecule has 3 rings (SSSR count). The number of nitrogens with zero attached hydrogens (tertiary/aromatic N) is 1. The number of benzene rings is 2. The summed E-state index contributed by atoms with van der Waals surface area (Å²) in [5.74, 6) is 0.0923. The lowest BCUT2D eigenvalue weighted by molar-refractivity contribution is 0.101. The van der Waals surface area contributed by atoms with Gasteiger partial charge in [-0.25, -0.2) is 0 Å². The summed E-state index contributed by atoms with van der Waals surface area (Å²) in [7, 11) is 3.23. The van der Waals surface area contributed by atoms with E-state index in [0.717, 1.165) is 0 Å². The summed E-state index contributed by atoms with van der Waals surface area (Å²) in [6, 6.07) is 15.1. The number of carbonyl (C=O) groups excluding carboxylic acids is 2. The second-order valence-corrected chi connectivity index (χ2v) is 6.71. The fourth-order valence-electron chi connectivity index (χ4n) is 2.54. The summed E-state index contributed by atoms with van der Waals surface area (Å²) >= 11 is 11.9. The van der Waals surface area contributed by atoms with Gasteiger partial charge < -0.3 is 19.9 Å². The summed E-state index contributed by atoms with van der Waals surface area (Å²) in [5.41, 5.74) is 1.98. The highest BCUT2D eigenvalue weighted by molar-refractivity contribution is 6.42. The lowest BCUT2D eigenvalue weighted by Crippen LogP contribution is -2.16. The second-order valence-electron chi connectivity index (χ2n) is 5.94. The highest BCUT2D eigenvalue weighted by Crippen LogP contribution is 2.25. The largest absolute Gasteiger partial charge is 0.497 e. The van der Waals surface area contributed by atoms with Crippen molar-refractivity contribution < 1.29 is 14.3 Å². The van der Waals surface area contributed by atoms with Crippen LogP contribution in [0.2, 0.25) is 10.2 Å². The predicted octanol–water partition coefficient (Wildman–Crippen LogP) is 4.85. The van der Waals surface area contributed by atoms with E-state index in [1.807, 2.05) is 0 Å². The Morgan fingerprint density at radius 2 is 1.43 bits per heavy atom. The van der Waals surface area contributed by atoms with E-state index >= 15 is 0 Å². The predicted molar refractivity (Wildman–Crippen MR) is 111 cm³/mol. The van der Waals surface area contributed by atoms with Gasteiger partial charge in [0.2, 0.25) is 0 Å². The number of ether oxygens (including phenoxy) is 1. The zero-order chi connectivity index (χ0) is 20.3. The number of nitrogens with one attached hydrogen (secondary N) is 2. The number of rotatable bonds is 5. The number of methoxy groups -OCH3 is 1. The molecule has 0 atom stereocenters. The minimum Gasteiger partial charge on any atom is -0.497 e. The number of amides is 2. The van der Waals surface area contributed by atoms with E-state index in [4.69, 9.17) is 27.9 Å². The summed E-state index contributed by atoms with van der Waals surface area (Å²) < 4.78 is 6.58. The van der Waals surface area contributed by atoms with E-state index in [9.17, 15) is 9.59 Å². The van der Waals surface area contributed by atoms with Gasteiger partial charge in [-0.05, 0) is 54.6 Å². The minimum atomic E-state index is -0.355. The Kier molecular flexibility index (Phi) is 5.92. The molecular weight excluding hydrogens is 401 g/mol. The van der Waals surface area contributed by atoms with Gasteiger partial charge in [0.15, 0.2) is 0 Å². The number of hydrogen-bond acceptors (Lipinski definition) is 3. The molecule has 144 valence electrons. The van der Waals surface area contributed by atoms with Gasteiger partial charge in [0.05, 0.1) is 12.1 Å². The topological polar surface area (TPSA) is 72.4 Å². The molecule has 6 nitrogen and oxygen atoms in total. The molecule has 2 aromatic carbocycles. The highest BCUT2D eigenvalue weighted by Gasteiger charge is 2.16. The van der Waals surface area contributed by atoms with Gasteiger partial charge in [0, 0.05) is 24.0 Å². The maximum atomic E-state index is 12.4. The van der Waals surface area contributed by atoms with Crippen molar-refractivity contribution in [2.24, 2.45) is 7.05 Å². The minimum absolute atomic E-state index is 0.260. The smallest absolute Gasteiger partial charge is 0.272 e. The Morgan fingerprint density at radius 1 is 0.893 bits per heavy atom. The first-order valence-electron chi connectivity index (χ1n) is 8.26. The standard InChI is InChI=1S/C20H17Cl2N3O3/c1-25-17(11-16(21)18(25)22)20(27)24-13-5-3-12(4-6-13)19(26)23-14-7-9-15(28-2)10-8-14/h3-11H,1-2H3,(H,23,26)(H,24,27). The van der Waals surface area contributed by atoms with Crippen molar-refractivity contribution in [3.05, 3.63) is 76.0 Å². The van der Waals surface area contributed by atoms with Crippen LogP contribution in [0.3, 0.4) is 0 Å². The van der Waals surface area contributed by atoms with Crippen LogP contribution in [0.4, 0.5) is 11.4 Å². The Balaban J connectivity index is 1.66. The quantitative estimate of drug-likeness (QED) is 0.623. The molecule has 1 aromatic heterocycles. The molecule has 2 N–H and O–H groups in total. The van der Waals surface area contributed by atoms with Crippen LogP contribution in [0.25, 0.3) is 0 Å². The fraction of sp³-hybridized carbons (Fsp3) is 0.100. The van der Waals surface area contributed by atoms with Crippen molar-refractivity contribution in [3.8, 4) is 5.75 Å². The van der Waals surface area contributed by atoms with Crippen molar-refractivity contribution >= 4 is 46.4 Å². The van der Waals surface area contributed by atoms with Crippen LogP contribution in [-0.2, 0) is 7.05 Å². The van der Waals surface area contributed by atoms with Crippen molar-refractivity contribution in [1.29, 1.82) is 0 Å². The molecule has 0 spiro atoms. The first-order chi connectivity index (χ1) is 13.4. The lowest BCUT2D eigenvalue weighted by atomic mass is 10.2. The average Bonchev–Trinajstić information content (AvgIpc) is 2.96. The fourth-order valence-corrected chi connectivity index (χ4v) is 2.91. The van der Waals surface area contributed by atoms with E-state index in [-0.39, 0.29) is 17.0 Å². The molecule has 1 heterocycles. The van der Waals surface area contributed by atoms with Gasteiger partial charge in [-0.1, -0.05) is 23.2 Å². The van der Waals surface area contributed by atoms with Crippen LogP contribution < -0.4 is 15.4 Å². The first-order valence-corrected chi connectivity index (χ1v) is 9.02. The van der Waals surface area contributed by atoms with Crippen LogP contribution in [0, 0.1) is 0 Å². The maximum Gasteiger partial charge on any atom is 0.272 e. The van der Waals surface area contributed by atoms with E-state index in [0.29, 0.717) is 33.4 Å². The zero-order valence-electron chi connectivity index (χ0n) is 15.1. The van der Waals surface area contributed by atoms with Crippen molar-refractivity contribution in [1.82, 2.24) is 4.57 Å². The third-order valence-corrected chi connectivity index (χ3v) is 4.94. The van der Waals surface area contributed by atoms with E-state index in [2.05, 4.69) is 10.6 Å². The van der Waals surface area contributed by atoms with Gasteiger partial charge in [-0.3, -0.25) is 9.59 Å². The molecule has 0 saturated heterocycles. The molecule has 0 fully saturated rings. The van der Waals surface area contributed by atoms with Crippen LogP contribution in [0.1, 0.15) is 20.8 Å². The van der Waals surface area contributed by atoms with Crippen LogP contribution in [-0.4, -0.2) is 23.5 Å². The van der Waals surface area contributed by atoms with Gasteiger partial charge >= 0.3 is 0 Å². The second kappa shape index (κ2) is 8.37. The third-order valence-electron chi connectivity index (χ3n) is 4.10. The number of anilines is 2. The van der Waals surface area contributed by atoms with E-state index < -0.39 is 0 Å². The molecule has 0 aliphatic heterocycles. The number of hydrogen-bond donors (Lipinski definition) is 2. The molecule has 0 saturated carbocycles. The number of aromatic nitrogens is 1. The molecule has 0 bridgehead atoms. The Morgan fingerprint density at radius 3 is 1.93 bits per heavy atom. The third kappa shape index (κ3) is 4.30. The number of halogens is 2. The Hall–Kier alpha value is -2.96. The molecule has 3 aromatic rings. The van der Waals surface area contributed by atoms with Crippen molar-refractivity contribution in [2.75, 3.05) is 17.7 Å². The maximum absolute atomic E-state index is 12.4. The molecular formula is C20H17Cl2N3O3. The summed E-state index contributed by atoms with van der Waals surface area (Å²) in [6.45, 7) is 0. The average molecular weight is 418 g/mol. The SMILES string of the molecule is COc1ccc(NC(=O)c2ccc(NC(=O)c3cc(Cl)c(Cl)n3C)cc2)cc1. The molecule has 0 unspecified atom stereocenters. The highest BCUT2D eigenvalue weighted by atomic mass is 35.5. The molecule has 0 aliphatic rings. The van der Waals surface area contributed by atoms with Gasteiger partial charge in [-0.15, -0.1) is 0 Å². The van der Waals surface area contributed by atoms with E-state index in [1.54, 1.807) is 62.7 Å². The lowest BCUT2D eigenvalue weighted by Gasteiger charge is -2.09. The number of carbonyl (C=O) groups is 2. The van der Waals surface area contributed by atoms with E-state index in [1.165, 1.54) is 10.6 Å². The molecule has 8 heteroatoms. The first kappa shape index (κ1) is 19.8. The summed E-state index contributed by atoms with van der Waals surface area (Å²) in [5, 5.41) is 6.14. The van der Waals surface area contributed by atoms with Crippen LogP contribution in [0.15, 0.2) is 54.6 Å². The Labute approximate surface area is 172 Å². The molecule has 28 heavy (non-hydrogen) atoms. The summed E-state index contributed by atoms with van der Waals surface area (Å²) in [6.07, 6.45) is 0. The van der Waals surface area contributed by atoms with Crippen molar-refractivity contribution in [2.45, 2.75) is 0 Å².